The summed E-state index contributed by atoms with van der Waals surface area (Å²) >= 11 is 0. The van der Waals surface area contributed by atoms with Crippen LogP contribution in [0, 0.1) is 0 Å². The summed E-state index contributed by atoms with van der Waals surface area (Å²) in [6, 6.07) is 0. The maximum atomic E-state index is 14.0. The summed E-state index contributed by atoms with van der Waals surface area (Å²) in [6.07, 6.45) is 64.4. The molecule has 0 amide bonds. The lowest BCUT2D eigenvalue weighted by Crippen LogP contribution is -2.51. The molecule has 10 heteroatoms. The van der Waals surface area contributed by atoms with Crippen molar-refractivity contribution in [1.82, 2.24) is 0 Å². The van der Waals surface area contributed by atoms with Gasteiger partial charge in [-0.3, -0.25) is 0 Å². The molecule has 478 valence electrons. The van der Waals surface area contributed by atoms with Gasteiger partial charge in [-0.25, -0.2) is 15.1 Å². The number of nitrogens with two attached hydrogens (primary N) is 1. The lowest BCUT2D eigenvalue weighted by molar-refractivity contribution is -0.174. The van der Waals surface area contributed by atoms with Gasteiger partial charge in [0.25, 0.3) is 0 Å². The highest BCUT2D eigenvalue weighted by Gasteiger charge is 2.48. The highest BCUT2D eigenvalue weighted by Crippen LogP contribution is 2.38. The molecule has 0 aliphatic carbocycles. The molecule has 4 atom stereocenters. The van der Waals surface area contributed by atoms with Gasteiger partial charge in [-0.1, -0.05) is 374 Å². The van der Waals surface area contributed by atoms with Gasteiger partial charge in [0.05, 0.1) is 12.2 Å². The van der Waals surface area contributed by atoms with Gasteiger partial charge in [0, 0.05) is 0 Å². The molecule has 80 heavy (non-hydrogen) atoms. The molecule has 0 heterocycles. The van der Waals surface area contributed by atoms with Gasteiger partial charge in [0.15, 0.2) is 11.2 Å². The van der Waals surface area contributed by atoms with E-state index in [4.69, 9.17) is 14.6 Å². The minimum atomic E-state index is -2.72. The van der Waals surface area contributed by atoms with E-state index < -0.39 is 43.9 Å². The van der Waals surface area contributed by atoms with Gasteiger partial charge >= 0.3 is 20.5 Å². The summed E-state index contributed by atoms with van der Waals surface area (Å²) in [7, 11) is -2.72. The third kappa shape index (κ3) is 47.4. The van der Waals surface area contributed by atoms with Crippen molar-refractivity contribution in [3.8, 4) is 0 Å². The maximum Gasteiger partial charge on any atom is 0.383 e. The number of carbonyl (C=O) groups excluding carboxylic acids is 2. The van der Waals surface area contributed by atoms with Crippen molar-refractivity contribution in [2.45, 2.75) is 436 Å². The van der Waals surface area contributed by atoms with Crippen molar-refractivity contribution in [2.75, 3.05) is 0 Å². The van der Waals surface area contributed by atoms with E-state index >= 15 is 0 Å². The molecular weight excluding hydrogens is 1010 g/mol. The molecule has 6 N–H and O–H groups in total. The molecule has 0 saturated carbocycles. The van der Waals surface area contributed by atoms with E-state index in [0.717, 1.165) is 77.0 Å². The van der Waals surface area contributed by atoms with E-state index in [9.17, 15) is 30.0 Å². The number of carbonyl (C=O) groups is 2. The van der Waals surface area contributed by atoms with Gasteiger partial charge < -0.3 is 29.5 Å². The first-order valence-electron chi connectivity index (χ1n) is 35.8. The van der Waals surface area contributed by atoms with E-state index in [-0.39, 0.29) is 25.7 Å². The second-order valence-corrected chi connectivity index (χ2v) is 26.3. The zero-order chi connectivity index (χ0) is 58.7. The van der Waals surface area contributed by atoms with E-state index in [1.165, 1.54) is 257 Å². The Kier molecular flexibility index (Phi) is 59.3. The average Bonchev–Trinajstić information content (AvgIpc) is 3.45. The molecular formula is C70H140NO8P. The number of hydrogen-bond donors (Lipinski definition) is 5. The molecule has 0 fully saturated rings. The SMILES string of the molecule is CCCCCCCCCCCCCCCCC(O)C(O)(CCCCCCCCCCCCCCCC)C(=O)OP(N)OC(=O)C(O)(CCCCCCCCCCCCCCCC)C(O)CCCCCCCCCCCCCCCC. The van der Waals surface area contributed by atoms with Gasteiger partial charge in [-0.15, -0.1) is 0 Å². The Bertz CT molecular complexity index is 1200. The normalized spacial score (nSPS) is 14.5. The lowest BCUT2D eigenvalue weighted by atomic mass is 9.87. The molecule has 0 radical (unpaired) electrons. The van der Waals surface area contributed by atoms with Gasteiger partial charge in [-0.05, 0) is 38.5 Å². The van der Waals surface area contributed by atoms with E-state index in [0.29, 0.717) is 25.7 Å². The Morgan fingerprint density at radius 3 is 0.625 bits per heavy atom. The van der Waals surface area contributed by atoms with Crippen LogP contribution >= 0.6 is 8.53 Å². The average molecular weight is 1150 g/mol. The lowest BCUT2D eigenvalue weighted by Gasteiger charge is -2.33. The first-order chi connectivity index (χ1) is 39.0. The van der Waals surface area contributed by atoms with Crippen molar-refractivity contribution in [3.05, 3.63) is 0 Å². The van der Waals surface area contributed by atoms with Crippen LogP contribution in [0.3, 0.4) is 0 Å². The number of unbranched alkanes of at least 4 members (excludes halogenated alkanes) is 52. The molecule has 0 aliphatic heterocycles. The fourth-order valence-corrected chi connectivity index (χ4v) is 12.5. The summed E-state index contributed by atoms with van der Waals surface area (Å²) in [4.78, 5) is 27.9. The molecule has 9 nitrogen and oxygen atoms in total. The van der Waals surface area contributed by atoms with Crippen LogP contribution in [-0.2, 0) is 18.6 Å². The zero-order valence-electron chi connectivity index (χ0n) is 54.0. The topological polar surface area (TPSA) is 160 Å². The van der Waals surface area contributed by atoms with Crippen molar-refractivity contribution >= 4 is 20.5 Å². The number of aliphatic hydroxyl groups is 4. The van der Waals surface area contributed by atoms with Crippen LogP contribution < -0.4 is 5.50 Å². The van der Waals surface area contributed by atoms with Crippen LogP contribution in [0.5, 0.6) is 0 Å². The van der Waals surface area contributed by atoms with E-state index in [1.807, 2.05) is 0 Å². The predicted molar refractivity (Wildman–Crippen MR) is 345 cm³/mol. The monoisotopic (exact) mass is 1150 g/mol. The quantitative estimate of drug-likeness (QED) is 0.0295. The van der Waals surface area contributed by atoms with E-state index in [1.54, 1.807) is 0 Å². The molecule has 0 aromatic rings. The Balaban J connectivity index is 5.47. The van der Waals surface area contributed by atoms with Gasteiger partial charge in [0.1, 0.15) is 0 Å². The summed E-state index contributed by atoms with van der Waals surface area (Å²) in [5.74, 6) is -2.19. The van der Waals surface area contributed by atoms with E-state index in [2.05, 4.69) is 27.7 Å². The molecule has 0 aromatic heterocycles. The first-order valence-corrected chi connectivity index (χ1v) is 37.1. The summed E-state index contributed by atoms with van der Waals surface area (Å²) < 4.78 is 11.1. The maximum absolute atomic E-state index is 14.0. The zero-order valence-corrected chi connectivity index (χ0v) is 54.9. The Hall–Kier alpha value is -0.830. The summed E-state index contributed by atoms with van der Waals surface area (Å²) in [5.41, 5.74) is 1.86. The smallest absolute Gasteiger partial charge is 0.383 e. The van der Waals surface area contributed by atoms with Gasteiger partial charge in [0.2, 0.25) is 0 Å². The first kappa shape index (κ1) is 79.2. The van der Waals surface area contributed by atoms with Crippen LogP contribution in [-0.4, -0.2) is 55.8 Å². The third-order valence-electron chi connectivity index (χ3n) is 17.6. The predicted octanol–water partition coefficient (Wildman–Crippen LogP) is 21.9. The van der Waals surface area contributed by atoms with Crippen LogP contribution in [0.1, 0.15) is 413 Å². The Morgan fingerprint density at radius 2 is 0.450 bits per heavy atom. The van der Waals surface area contributed by atoms with Crippen LogP contribution in [0.25, 0.3) is 0 Å². The number of hydrogen-bond acceptors (Lipinski definition) is 9. The van der Waals surface area contributed by atoms with Crippen molar-refractivity contribution in [2.24, 2.45) is 5.50 Å². The molecule has 0 saturated heterocycles. The largest absolute Gasteiger partial charge is 0.392 e. The molecule has 0 bridgehead atoms. The second-order valence-electron chi connectivity index (χ2n) is 25.4. The minimum absolute atomic E-state index is 0.0156. The fourth-order valence-electron chi connectivity index (χ4n) is 11.9. The number of aliphatic hydroxyl groups excluding tert-OH is 2. The number of rotatable bonds is 66. The van der Waals surface area contributed by atoms with Gasteiger partial charge in [-0.2, -0.15) is 0 Å². The highest BCUT2D eigenvalue weighted by atomic mass is 31.2. The minimum Gasteiger partial charge on any atom is -0.392 e. The molecule has 0 aliphatic rings. The van der Waals surface area contributed by atoms with Crippen LogP contribution in [0.4, 0.5) is 0 Å². The molecule has 4 unspecified atom stereocenters. The third-order valence-corrected chi connectivity index (χ3v) is 18.3. The van der Waals surface area contributed by atoms with Crippen LogP contribution in [0.2, 0.25) is 0 Å². The Morgan fingerprint density at radius 1 is 0.300 bits per heavy atom. The summed E-state index contributed by atoms with van der Waals surface area (Å²) in [6.45, 7) is 9.04. The summed E-state index contributed by atoms with van der Waals surface area (Å²) in [5, 5.41) is 47.1. The Labute approximate surface area is 499 Å². The van der Waals surface area contributed by atoms with Crippen LogP contribution in [0.15, 0.2) is 0 Å². The second kappa shape index (κ2) is 59.9. The highest BCUT2D eigenvalue weighted by molar-refractivity contribution is 7.45. The molecule has 0 aromatic carbocycles. The van der Waals surface area contributed by atoms with Crippen molar-refractivity contribution in [1.29, 1.82) is 0 Å². The standard InChI is InChI=1S/C70H140NO8P/c1-5-9-13-17-21-25-29-33-37-41-45-49-53-57-61-65(72)69(76,63-59-55-51-47-43-39-35-31-27-23-19-15-11-7-3)67(74)78-80(71)79-68(75)70(77,64-60-56-52-48-44-40-36-32-28-24-20-16-12-8-4)66(73)62-58-54-50-46-42-38-34-30-26-22-18-14-10-6-2/h65-66,72-73,76-77H,5-64,71H2,1-4H3. The fraction of sp³-hybridized carbons (Fsp3) is 0.971. The molecule has 0 spiro atoms. The van der Waals surface area contributed by atoms with Crippen molar-refractivity contribution in [3.63, 3.8) is 0 Å². The molecule has 0 rings (SSSR count). The van der Waals surface area contributed by atoms with Crippen molar-refractivity contribution < 1.29 is 39.1 Å².